The smallest absolute Gasteiger partial charge is 0.323 e. The van der Waals surface area contributed by atoms with Crippen molar-refractivity contribution in [1.82, 2.24) is 0 Å². The van der Waals surface area contributed by atoms with E-state index in [1.807, 2.05) is 0 Å². The second kappa shape index (κ2) is 7.26. The maximum Gasteiger partial charge on any atom is 0.323 e. The number of halogens is 1. The van der Waals surface area contributed by atoms with E-state index in [1.54, 1.807) is 19.1 Å². The molecule has 7 nitrogen and oxygen atoms in total. The minimum atomic E-state index is -0.853. The normalized spacial score (nSPS) is 12.0. The third-order valence-corrected chi connectivity index (χ3v) is 3.33. The van der Waals surface area contributed by atoms with Gasteiger partial charge in [0.25, 0.3) is 5.69 Å². The van der Waals surface area contributed by atoms with Crippen LogP contribution in [-0.4, -0.2) is 23.5 Å². The molecule has 1 heterocycles. The van der Waals surface area contributed by atoms with Crippen LogP contribution in [0.15, 0.2) is 34.7 Å². The first-order valence-electron chi connectivity index (χ1n) is 6.87. The highest BCUT2D eigenvalue weighted by Crippen LogP contribution is 2.33. The summed E-state index contributed by atoms with van der Waals surface area (Å²) in [5, 5.41) is 11.4. The molecule has 0 radical (unpaired) electrons. The number of hydrogen-bond donors (Lipinski definition) is 1. The first-order chi connectivity index (χ1) is 10.9. The lowest BCUT2D eigenvalue weighted by atomic mass is 10.1. The molecule has 2 rings (SSSR count). The highest BCUT2D eigenvalue weighted by atomic mass is 35.5. The number of ether oxygens (including phenoxy) is 1. The van der Waals surface area contributed by atoms with Gasteiger partial charge >= 0.3 is 5.97 Å². The van der Waals surface area contributed by atoms with Gasteiger partial charge in [-0.3, -0.25) is 14.9 Å². The second-order valence-electron chi connectivity index (χ2n) is 4.75. The summed E-state index contributed by atoms with van der Waals surface area (Å²) >= 11 is 5.78. The van der Waals surface area contributed by atoms with E-state index in [2.05, 4.69) is 0 Å². The molecule has 0 saturated carbocycles. The molecule has 1 aromatic heterocycles. The number of carbonyl (C=O) groups is 1. The molecule has 0 aliphatic heterocycles. The van der Waals surface area contributed by atoms with Gasteiger partial charge in [0.1, 0.15) is 17.6 Å². The summed E-state index contributed by atoms with van der Waals surface area (Å²) in [5.74, 6) is 0.215. The van der Waals surface area contributed by atoms with Crippen molar-refractivity contribution in [2.75, 3.05) is 6.61 Å². The molecule has 0 aliphatic carbocycles. The Morgan fingerprint density at radius 1 is 1.43 bits per heavy atom. The number of benzene rings is 1. The molecule has 0 fully saturated rings. The lowest BCUT2D eigenvalue weighted by Gasteiger charge is -2.08. The number of hydrogen-bond acceptors (Lipinski definition) is 6. The fraction of sp³-hybridized carbons (Fsp3) is 0.267. The van der Waals surface area contributed by atoms with Crippen molar-refractivity contribution in [3.05, 3.63) is 51.2 Å². The van der Waals surface area contributed by atoms with Crippen molar-refractivity contribution in [3.63, 3.8) is 0 Å². The van der Waals surface area contributed by atoms with Crippen LogP contribution in [-0.2, 0) is 16.0 Å². The summed E-state index contributed by atoms with van der Waals surface area (Å²) in [6, 6.07) is 6.65. The molecule has 8 heteroatoms. The van der Waals surface area contributed by atoms with Crippen LogP contribution in [0, 0.1) is 10.1 Å². The largest absolute Gasteiger partial charge is 0.465 e. The molecule has 0 saturated heterocycles. The molecular weight excluding hydrogens is 324 g/mol. The molecular formula is C15H15ClN2O5. The fourth-order valence-corrected chi connectivity index (χ4v) is 2.21. The zero-order valence-corrected chi connectivity index (χ0v) is 13.1. The third kappa shape index (κ3) is 4.08. The van der Waals surface area contributed by atoms with E-state index < -0.39 is 16.9 Å². The van der Waals surface area contributed by atoms with E-state index >= 15 is 0 Å². The number of rotatable bonds is 6. The standard InChI is InChI=1S/C15H15ClN2O5/c1-2-22-15(19)12(17)8-10-4-6-14(23-10)11-5-3-9(16)7-13(11)18(20)21/h3-7,12H,2,8,17H2,1H3. The average molecular weight is 339 g/mol. The van der Waals surface area contributed by atoms with Crippen LogP contribution in [0.4, 0.5) is 5.69 Å². The Hall–Kier alpha value is -2.38. The number of nitro benzene ring substituents is 1. The number of nitro groups is 1. The molecule has 0 bridgehead atoms. The summed E-state index contributed by atoms with van der Waals surface area (Å²) in [6.07, 6.45) is 0.139. The van der Waals surface area contributed by atoms with Gasteiger partial charge in [-0.15, -0.1) is 0 Å². The molecule has 1 unspecified atom stereocenters. The summed E-state index contributed by atoms with van der Waals surface area (Å²) in [5.41, 5.74) is 5.86. The number of carbonyl (C=O) groups excluding carboxylic acids is 1. The van der Waals surface area contributed by atoms with Gasteiger partial charge in [0.15, 0.2) is 0 Å². The predicted molar refractivity (Wildman–Crippen MR) is 84.1 cm³/mol. The van der Waals surface area contributed by atoms with Gasteiger partial charge in [0.2, 0.25) is 0 Å². The van der Waals surface area contributed by atoms with Crippen LogP contribution in [0.3, 0.4) is 0 Å². The van der Waals surface area contributed by atoms with Crippen molar-refractivity contribution in [1.29, 1.82) is 0 Å². The van der Waals surface area contributed by atoms with E-state index in [0.717, 1.165) is 0 Å². The Labute approximate surface area is 137 Å². The number of nitrogens with two attached hydrogens (primary N) is 1. The maximum atomic E-state index is 11.5. The average Bonchev–Trinajstić information content (AvgIpc) is 2.95. The van der Waals surface area contributed by atoms with Crippen LogP contribution in [0.5, 0.6) is 0 Å². The van der Waals surface area contributed by atoms with Gasteiger partial charge in [-0.1, -0.05) is 11.6 Å². The predicted octanol–water partition coefficient (Wildman–Crippen LogP) is 2.94. The monoisotopic (exact) mass is 338 g/mol. The van der Waals surface area contributed by atoms with Crippen LogP contribution in [0.2, 0.25) is 5.02 Å². The van der Waals surface area contributed by atoms with Gasteiger partial charge in [-0.2, -0.15) is 0 Å². The Bertz CT molecular complexity index is 728. The minimum Gasteiger partial charge on any atom is -0.465 e. The van der Waals surface area contributed by atoms with Crippen molar-refractivity contribution < 1.29 is 18.9 Å². The van der Waals surface area contributed by atoms with E-state index in [9.17, 15) is 14.9 Å². The molecule has 2 N–H and O–H groups in total. The summed E-state index contributed by atoms with van der Waals surface area (Å²) in [6.45, 7) is 1.93. The first kappa shape index (κ1) is 17.0. The number of esters is 1. The van der Waals surface area contributed by atoms with Gasteiger partial charge in [0.05, 0.1) is 17.1 Å². The molecule has 1 aromatic carbocycles. The lowest BCUT2D eigenvalue weighted by molar-refractivity contribution is -0.384. The Morgan fingerprint density at radius 2 is 2.17 bits per heavy atom. The Balaban J connectivity index is 2.23. The van der Waals surface area contributed by atoms with Crippen LogP contribution < -0.4 is 5.73 Å². The number of furan rings is 1. The highest BCUT2D eigenvalue weighted by molar-refractivity contribution is 6.30. The van der Waals surface area contributed by atoms with Crippen LogP contribution in [0.25, 0.3) is 11.3 Å². The second-order valence-corrected chi connectivity index (χ2v) is 5.18. The summed E-state index contributed by atoms with van der Waals surface area (Å²) in [4.78, 5) is 22.1. The molecule has 1 atom stereocenters. The lowest BCUT2D eigenvalue weighted by Crippen LogP contribution is -2.34. The van der Waals surface area contributed by atoms with Crippen LogP contribution in [0.1, 0.15) is 12.7 Å². The summed E-state index contributed by atoms with van der Waals surface area (Å²) < 4.78 is 10.4. The van der Waals surface area contributed by atoms with Crippen LogP contribution >= 0.6 is 11.6 Å². The van der Waals surface area contributed by atoms with Crippen molar-refractivity contribution >= 4 is 23.3 Å². The van der Waals surface area contributed by atoms with Crippen molar-refractivity contribution in [2.45, 2.75) is 19.4 Å². The Kier molecular flexibility index (Phi) is 5.36. The molecule has 2 aromatic rings. The molecule has 23 heavy (non-hydrogen) atoms. The van der Waals surface area contributed by atoms with E-state index in [-0.39, 0.29) is 23.7 Å². The molecule has 0 spiro atoms. The molecule has 0 amide bonds. The van der Waals surface area contributed by atoms with Crippen molar-refractivity contribution in [2.24, 2.45) is 5.73 Å². The fourth-order valence-electron chi connectivity index (χ4n) is 2.05. The zero-order valence-electron chi connectivity index (χ0n) is 12.3. The SMILES string of the molecule is CCOC(=O)C(N)Cc1ccc(-c2ccc(Cl)cc2[N+](=O)[O-])o1. The first-order valence-corrected chi connectivity index (χ1v) is 7.25. The third-order valence-electron chi connectivity index (χ3n) is 3.09. The van der Waals surface area contributed by atoms with Gasteiger partial charge < -0.3 is 14.9 Å². The minimum absolute atomic E-state index is 0.139. The highest BCUT2D eigenvalue weighted by Gasteiger charge is 2.21. The van der Waals surface area contributed by atoms with Gasteiger partial charge in [-0.25, -0.2) is 0 Å². The summed E-state index contributed by atoms with van der Waals surface area (Å²) in [7, 11) is 0. The zero-order chi connectivity index (χ0) is 17.0. The van der Waals surface area contributed by atoms with Gasteiger partial charge in [-0.05, 0) is 31.2 Å². The van der Waals surface area contributed by atoms with E-state index in [0.29, 0.717) is 17.1 Å². The molecule has 0 aliphatic rings. The van der Waals surface area contributed by atoms with E-state index in [4.69, 9.17) is 26.5 Å². The molecule has 122 valence electrons. The maximum absolute atomic E-state index is 11.5. The van der Waals surface area contributed by atoms with Gasteiger partial charge in [0, 0.05) is 17.5 Å². The number of nitrogens with zero attached hydrogens (tertiary/aromatic N) is 1. The topological polar surface area (TPSA) is 109 Å². The van der Waals surface area contributed by atoms with Crippen molar-refractivity contribution in [3.8, 4) is 11.3 Å². The quantitative estimate of drug-likeness (QED) is 0.492. The Morgan fingerprint density at radius 3 is 2.83 bits per heavy atom. The van der Waals surface area contributed by atoms with E-state index in [1.165, 1.54) is 18.2 Å².